The highest BCUT2D eigenvalue weighted by Gasteiger charge is 2.11. The van der Waals surface area contributed by atoms with Gasteiger partial charge in [-0.3, -0.25) is 0 Å². The highest BCUT2D eigenvalue weighted by molar-refractivity contribution is 9.10. The fourth-order valence-corrected chi connectivity index (χ4v) is 1.46. The second-order valence-corrected chi connectivity index (χ2v) is 3.73. The minimum atomic E-state index is -0.504. The van der Waals surface area contributed by atoms with Gasteiger partial charge in [0.2, 0.25) is 0 Å². The standard InChI is InChI=1S/C11H8BrFN2/c1-3-7(2)15-9-5-4-8(6-14)10(12)11(9)13/h1,4-5,7,15H,2H3. The first-order chi connectivity index (χ1) is 7.10. The second-order valence-electron chi connectivity index (χ2n) is 2.93. The maximum atomic E-state index is 13.6. The summed E-state index contributed by atoms with van der Waals surface area (Å²) in [6.07, 6.45) is 5.17. The molecule has 0 saturated carbocycles. The normalized spacial score (nSPS) is 11.3. The first-order valence-electron chi connectivity index (χ1n) is 4.21. The van der Waals surface area contributed by atoms with E-state index < -0.39 is 5.82 Å². The lowest BCUT2D eigenvalue weighted by atomic mass is 10.2. The summed E-state index contributed by atoms with van der Waals surface area (Å²) in [7, 11) is 0. The zero-order chi connectivity index (χ0) is 11.4. The van der Waals surface area contributed by atoms with E-state index in [1.54, 1.807) is 6.92 Å². The second kappa shape index (κ2) is 4.82. The van der Waals surface area contributed by atoms with E-state index in [1.807, 2.05) is 6.07 Å². The van der Waals surface area contributed by atoms with Crippen LogP contribution in [0.5, 0.6) is 0 Å². The van der Waals surface area contributed by atoms with Crippen LogP contribution in [-0.2, 0) is 0 Å². The number of nitrogens with one attached hydrogen (secondary N) is 1. The smallest absolute Gasteiger partial charge is 0.161 e. The van der Waals surface area contributed by atoms with Gasteiger partial charge >= 0.3 is 0 Å². The Morgan fingerprint density at radius 2 is 2.27 bits per heavy atom. The summed E-state index contributed by atoms with van der Waals surface area (Å²) in [6.45, 7) is 1.74. The van der Waals surface area contributed by atoms with Crippen molar-refractivity contribution >= 4 is 21.6 Å². The van der Waals surface area contributed by atoms with Crippen LogP contribution in [-0.4, -0.2) is 6.04 Å². The van der Waals surface area contributed by atoms with E-state index in [0.29, 0.717) is 0 Å². The Bertz CT molecular complexity index is 457. The number of anilines is 1. The number of nitrogens with zero attached hydrogens (tertiary/aromatic N) is 1. The van der Waals surface area contributed by atoms with Crippen molar-refractivity contribution in [2.24, 2.45) is 0 Å². The maximum absolute atomic E-state index is 13.6. The average Bonchev–Trinajstić information content (AvgIpc) is 2.25. The first kappa shape index (κ1) is 11.6. The molecule has 1 unspecified atom stereocenters. The molecule has 15 heavy (non-hydrogen) atoms. The molecule has 0 aliphatic heterocycles. The van der Waals surface area contributed by atoms with Crippen molar-refractivity contribution < 1.29 is 4.39 Å². The lowest BCUT2D eigenvalue weighted by molar-refractivity contribution is 0.622. The number of hydrogen-bond acceptors (Lipinski definition) is 2. The SMILES string of the molecule is C#CC(C)Nc1ccc(C#N)c(Br)c1F. The Balaban J connectivity index is 3.09. The minimum Gasteiger partial charge on any atom is -0.369 e. The lowest BCUT2D eigenvalue weighted by Gasteiger charge is -2.11. The van der Waals surface area contributed by atoms with Crippen LogP contribution < -0.4 is 5.32 Å². The van der Waals surface area contributed by atoms with Crippen LogP contribution in [0.3, 0.4) is 0 Å². The topological polar surface area (TPSA) is 35.8 Å². The molecule has 4 heteroatoms. The molecule has 1 rings (SSSR count). The molecule has 0 heterocycles. The van der Waals surface area contributed by atoms with E-state index in [9.17, 15) is 4.39 Å². The summed E-state index contributed by atoms with van der Waals surface area (Å²) < 4.78 is 13.8. The van der Waals surface area contributed by atoms with Gasteiger partial charge in [0.05, 0.1) is 21.8 Å². The lowest BCUT2D eigenvalue weighted by Crippen LogP contribution is -2.13. The highest BCUT2D eigenvalue weighted by atomic mass is 79.9. The van der Waals surface area contributed by atoms with Crippen molar-refractivity contribution in [1.82, 2.24) is 0 Å². The molecule has 1 aromatic carbocycles. The molecule has 1 aromatic rings. The fourth-order valence-electron chi connectivity index (χ4n) is 1.02. The van der Waals surface area contributed by atoms with Gasteiger partial charge in [0.15, 0.2) is 5.82 Å². The highest BCUT2D eigenvalue weighted by Crippen LogP contribution is 2.26. The summed E-state index contributed by atoms with van der Waals surface area (Å²) in [6, 6.07) is 4.63. The number of hydrogen-bond donors (Lipinski definition) is 1. The van der Waals surface area contributed by atoms with Gasteiger partial charge in [0, 0.05) is 0 Å². The van der Waals surface area contributed by atoms with Crippen LogP contribution in [0.4, 0.5) is 10.1 Å². The van der Waals surface area contributed by atoms with Crippen LogP contribution in [0.25, 0.3) is 0 Å². The van der Waals surface area contributed by atoms with Crippen molar-refractivity contribution in [2.45, 2.75) is 13.0 Å². The molecule has 0 saturated heterocycles. The Morgan fingerprint density at radius 1 is 1.60 bits per heavy atom. The molecule has 0 spiro atoms. The zero-order valence-electron chi connectivity index (χ0n) is 8.01. The molecule has 0 fully saturated rings. The number of benzene rings is 1. The minimum absolute atomic E-state index is 0.152. The largest absolute Gasteiger partial charge is 0.369 e. The van der Waals surface area contributed by atoms with Crippen molar-refractivity contribution in [3.8, 4) is 18.4 Å². The van der Waals surface area contributed by atoms with E-state index in [-0.39, 0.29) is 21.8 Å². The molecule has 0 aliphatic rings. The molecule has 76 valence electrons. The van der Waals surface area contributed by atoms with Crippen molar-refractivity contribution in [1.29, 1.82) is 5.26 Å². The summed E-state index contributed by atoms with van der Waals surface area (Å²) in [5, 5.41) is 11.5. The van der Waals surface area contributed by atoms with Gasteiger partial charge in [-0.05, 0) is 35.0 Å². The van der Waals surface area contributed by atoms with Crippen LogP contribution >= 0.6 is 15.9 Å². The Hall–Kier alpha value is -1.52. The van der Waals surface area contributed by atoms with Gasteiger partial charge in [0.25, 0.3) is 0 Å². The quantitative estimate of drug-likeness (QED) is 0.836. The molecule has 0 aromatic heterocycles. The van der Waals surface area contributed by atoms with Crippen LogP contribution in [0.1, 0.15) is 12.5 Å². The van der Waals surface area contributed by atoms with Gasteiger partial charge in [-0.25, -0.2) is 4.39 Å². The third kappa shape index (κ3) is 2.49. The number of rotatable bonds is 2. The molecule has 2 nitrogen and oxygen atoms in total. The number of terminal acetylenes is 1. The van der Waals surface area contributed by atoms with Gasteiger partial charge in [-0.1, -0.05) is 5.92 Å². The van der Waals surface area contributed by atoms with Crippen LogP contribution in [0.15, 0.2) is 16.6 Å². The average molecular weight is 267 g/mol. The Kier molecular flexibility index (Phi) is 3.71. The molecule has 0 amide bonds. The predicted molar refractivity (Wildman–Crippen MR) is 60.7 cm³/mol. The third-order valence-corrected chi connectivity index (χ3v) is 2.60. The maximum Gasteiger partial charge on any atom is 0.161 e. The number of halogens is 2. The van der Waals surface area contributed by atoms with Crippen molar-refractivity contribution in [2.75, 3.05) is 5.32 Å². The Labute approximate surface area is 96.2 Å². The molecule has 0 bridgehead atoms. The van der Waals surface area contributed by atoms with Crippen LogP contribution in [0, 0.1) is 29.5 Å². The summed E-state index contributed by atoms with van der Waals surface area (Å²) >= 11 is 3.01. The molecule has 1 N–H and O–H groups in total. The van der Waals surface area contributed by atoms with Crippen molar-refractivity contribution in [3.63, 3.8) is 0 Å². The predicted octanol–water partition coefficient (Wildman–Crippen LogP) is 2.89. The third-order valence-electron chi connectivity index (χ3n) is 1.82. The Morgan fingerprint density at radius 3 is 2.80 bits per heavy atom. The van der Waals surface area contributed by atoms with Gasteiger partial charge < -0.3 is 5.32 Å². The van der Waals surface area contributed by atoms with Gasteiger partial charge in [-0.15, -0.1) is 6.42 Å². The van der Waals surface area contributed by atoms with Crippen molar-refractivity contribution in [3.05, 3.63) is 28.0 Å². The van der Waals surface area contributed by atoms with Gasteiger partial charge in [-0.2, -0.15) is 5.26 Å². The first-order valence-corrected chi connectivity index (χ1v) is 5.00. The molecule has 0 aliphatic carbocycles. The molecular formula is C11H8BrFN2. The summed E-state index contributed by atoms with van der Waals surface area (Å²) in [4.78, 5) is 0. The summed E-state index contributed by atoms with van der Waals surface area (Å²) in [5.41, 5.74) is 0.540. The molecule has 0 radical (unpaired) electrons. The van der Waals surface area contributed by atoms with E-state index in [4.69, 9.17) is 11.7 Å². The monoisotopic (exact) mass is 266 g/mol. The van der Waals surface area contributed by atoms with E-state index in [2.05, 4.69) is 27.2 Å². The summed E-state index contributed by atoms with van der Waals surface area (Å²) in [5.74, 6) is 1.93. The molecular weight excluding hydrogens is 259 g/mol. The molecule has 1 atom stereocenters. The van der Waals surface area contributed by atoms with Gasteiger partial charge in [0.1, 0.15) is 6.07 Å². The fraction of sp³-hybridized carbons (Fsp3) is 0.182. The number of nitriles is 1. The van der Waals surface area contributed by atoms with E-state index >= 15 is 0 Å². The van der Waals surface area contributed by atoms with E-state index in [1.165, 1.54) is 12.1 Å². The van der Waals surface area contributed by atoms with Crippen LogP contribution in [0.2, 0.25) is 0 Å². The zero-order valence-corrected chi connectivity index (χ0v) is 9.60. The van der Waals surface area contributed by atoms with E-state index in [0.717, 1.165) is 0 Å².